The first-order valence-corrected chi connectivity index (χ1v) is 12.4. The molecule has 0 aliphatic rings. The zero-order chi connectivity index (χ0) is 24.5. The molecule has 176 valence electrons. The van der Waals surface area contributed by atoms with Crippen LogP contribution < -0.4 is 4.90 Å². The maximum atomic E-state index is 13.1. The lowest BCUT2D eigenvalue weighted by atomic mass is 9.98. The van der Waals surface area contributed by atoms with Crippen LogP contribution >= 0.6 is 0 Å². The van der Waals surface area contributed by atoms with Gasteiger partial charge in [-0.05, 0) is 74.0 Å². The van der Waals surface area contributed by atoms with Crippen molar-refractivity contribution in [2.45, 2.75) is 33.7 Å². The number of hydrogen-bond donors (Lipinski definition) is 0. The van der Waals surface area contributed by atoms with Gasteiger partial charge >= 0.3 is 0 Å². The Kier molecular flexibility index (Phi) is 6.12. The second-order valence-electron chi connectivity index (χ2n) is 8.93. The minimum atomic E-state index is -0.152. The molecule has 1 aromatic heterocycles. The molecule has 0 atom stereocenters. The monoisotopic (exact) mass is 462 g/mol. The lowest BCUT2D eigenvalue weighted by molar-refractivity contribution is 0.0894. The van der Waals surface area contributed by atoms with Crippen LogP contribution in [0.25, 0.3) is 32.6 Å². The van der Waals surface area contributed by atoms with Crippen molar-refractivity contribution in [2.24, 2.45) is 0 Å². The lowest BCUT2D eigenvalue weighted by Gasteiger charge is -2.21. The number of carbonyl (C=O) groups is 2. The molecular formula is C31H30N2O2. The van der Waals surface area contributed by atoms with Gasteiger partial charge in [-0.2, -0.15) is 0 Å². The first kappa shape index (κ1) is 22.9. The SMILES string of the molecule is CCN(CC)c1ccc2cc(C(=O)CC(=O)c3ccc4c(c3)c3ccccc3n4CC)ccc2c1. The Labute approximate surface area is 205 Å². The molecule has 0 fully saturated rings. The summed E-state index contributed by atoms with van der Waals surface area (Å²) in [7, 11) is 0. The highest BCUT2D eigenvalue weighted by molar-refractivity contribution is 6.17. The van der Waals surface area contributed by atoms with Gasteiger partial charge in [0.2, 0.25) is 0 Å². The number of Topliss-reactive ketones (excluding diaryl/α,β-unsaturated/α-hetero) is 2. The fourth-order valence-corrected chi connectivity index (χ4v) is 5.11. The van der Waals surface area contributed by atoms with Gasteiger partial charge in [0.05, 0.1) is 6.42 Å². The van der Waals surface area contributed by atoms with Gasteiger partial charge in [0, 0.05) is 58.3 Å². The van der Waals surface area contributed by atoms with E-state index in [1.807, 2.05) is 48.5 Å². The molecule has 0 unspecified atom stereocenters. The summed E-state index contributed by atoms with van der Waals surface area (Å²) >= 11 is 0. The molecule has 0 spiro atoms. The highest BCUT2D eigenvalue weighted by Gasteiger charge is 2.17. The molecular weight excluding hydrogens is 432 g/mol. The Morgan fingerprint density at radius 2 is 1.31 bits per heavy atom. The summed E-state index contributed by atoms with van der Waals surface area (Å²) in [4.78, 5) is 28.4. The third-order valence-corrected chi connectivity index (χ3v) is 7.01. The number of aromatic nitrogens is 1. The summed E-state index contributed by atoms with van der Waals surface area (Å²) in [6.45, 7) is 9.17. The quantitative estimate of drug-likeness (QED) is 0.180. The Morgan fingerprint density at radius 1 is 0.686 bits per heavy atom. The number of fused-ring (bicyclic) bond motifs is 4. The van der Waals surface area contributed by atoms with E-state index in [0.29, 0.717) is 11.1 Å². The smallest absolute Gasteiger partial charge is 0.170 e. The predicted molar refractivity (Wildman–Crippen MR) is 146 cm³/mol. The molecule has 4 nitrogen and oxygen atoms in total. The van der Waals surface area contributed by atoms with Gasteiger partial charge in [0.25, 0.3) is 0 Å². The number of rotatable bonds is 8. The van der Waals surface area contributed by atoms with Crippen LogP contribution in [0.15, 0.2) is 78.9 Å². The van der Waals surface area contributed by atoms with Crippen LogP contribution in [0, 0.1) is 0 Å². The molecule has 0 aliphatic heterocycles. The minimum Gasteiger partial charge on any atom is -0.372 e. The molecule has 0 bridgehead atoms. The average Bonchev–Trinajstić information content (AvgIpc) is 3.22. The molecule has 0 radical (unpaired) electrons. The predicted octanol–water partition coefficient (Wildman–Crippen LogP) is 7.27. The second kappa shape index (κ2) is 9.38. The maximum absolute atomic E-state index is 13.1. The van der Waals surface area contributed by atoms with Crippen molar-refractivity contribution in [1.29, 1.82) is 0 Å². The number of anilines is 1. The summed E-state index contributed by atoms with van der Waals surface area (Å²) < 4.78 is 2.25. The summed E-state index contributed by atoms with van der Waals surface area (Å²) in [5.74, 6) is -0.303. The van der Waals surface area contributed by atoms with Crippen LogP contribution in [0.3, 0.4) is 0 Å². The number of benzene rings is 4. The van der Waals surface area contributed by atoms with E-state index in [9.17, 15) is 9.59 Å². The summed E-state index contributed by atoms with van der Waals surface area (Å²) in [5.41, 5.74) is 4.59. The van der Waals surface area contributed by atoms with Crippen LogP contribution in [0.2, 0.25) is 0 Å². The normalized spacial score (nSPS) is 11.4. The molecule has 0 amide bonds. The van der Waals surface area contributed by atoms with Gasteiger partial charge in [0.1, 0.15) is 0 Å². The van der Waals surface area contributed by atoms with Crippen molar-refractivity contribution in [3.05, 3.63) is 90.0 Å². The van der Waals surface area contributed by atoms with Crippen molar-refractivity contribution < 1.29 is 9.59 Å². The molecule has 0 saturated carbocycles. The number of nitrogens with zero attached hydrogens (tertiary/aromatic N) is 2. The van der Waals surface area contributed by atoms with Crippen molar-refractivity contribution in [3.63, 3.8) is 0 Å². The van der Waals surface area contributed by atoms with Gasteiger partial charge < -0.3 is 9.47 Å². The molecule has 0 saturated heterocycles. The summed E-state index contributed by atoms with van der Waals surface area (Å²) in [6.07, 6.45) is -0.138. The zero-order valence-corrected chi connectivity index (χ0v) is 20.5. The van der Waals surface area contributed by atoms with Gasteiger partial charge in [-0.3, -0.25) is 9.59 Å². The largest absolute Gasteiger partial charge is 0.372 e. The van der Waals surface area contributed by atoms with E-state index in [2.05, 4.69) is 60.6 Å². The van der Waals surface area contributed by atoms with Crippen LogP contribution in [0.5, 0.6) is 0 Å². The number of para-hydroxylation sites is 1. The molecule has 1 heterocycles. The lowest BCUT2D eigenvalue weighted by Crippen LogP contribution is -2.21. The minimum absolute atomic E-state index is 0.138. The molecule has 4 aromatic carbocycles. The van der Waals surface area contributed by atoms with Gasteiger partial charge in [-0.1, -0.05) is 36.4 Å². The van der Waals surface area contributed by atoms with Crippen LogP contribution in [0.1, 0.15) is 47.9 Å². The molecule has 35 heavy (non-hydrogen) atoms. The third kappa shape index (κ3) is 4.10. The highest BCUT2D eigenvalue weighted by atomic mass is 16.1. The van der Waals surface area contributed by atoms with Gasteiger partial charge in [0.15, 0.2) is 11.6 Å². The van der Waals surface area contributed by atoms with Crippen molar-refractivity contribution in [1.82, 2.24) is 4.57 Å². The number of aryl methyl sites for hydroxylation is 1. The van der Waals surface area contributed by atoms with Gasteiger partial charge in [-0.25, -0.2) is 0 Å². The fraction of sp³-hybridized carbons (Fsp3) is 0.226. The third-order valence-electron chi connectivity index (χ3n) is 7.01. The molecule has 5 aromatic rings. The van der Waals surface area contributed by atoms with Crippen molar-refractivity contribution >= 4 is 49.8 Å². The van der Waals surface area contributed by atoms with E-state index in [1.54, 1.807) is 0 Å². The Balaban J connectivity index is 1.41. The van der Waals surface area contributed by atoms with Crippen LogP contribution in [0.4, 0.5) is 5.69 Å². The van der Waals surface area contributed by atoms with E-state index in [-0.39, 0.29) is 18.0 Å². The van der Waals surface area contributed by atoms with E-state index in [0.717, 1.165) is 52.2 Å². The number of ketones is 2. The first-order chi connectivity index (χ1) is 17.0. The highest BCUT2D eigenvalue weighted by Crippen LogP contribution is 2.30. The Hall–Kier alpha value is -3.92. The number of hydrogen-bond acceptors (Lipinski definition) is 3. The van der Waals surface area contributed by atoms with Crippen LogP contribution in [-0.2, 0) is 6.54 Å². The van der Waals surface area contributed by atoms with E-state index < -0.39 is 0 Å². The van der Waals surface area contributed by atoms with E-state index in [4.69, 9.17) is 0 Å². The summed E-state index contributed by atoms with van der Waals surface area (Å²) in [5, 5.41) is 4.28. The average molecular weight is 463 g/mol. The fourth-order valence-electron chi connectivity index (χ4n) is 5.11. The van der Waals surface area contributed by atoms with Crippen molar-refractivity contribution in [3.8, 4) is 0 Å². The zero-order valence-electron chi connectivity index (χ0n) is 20.5. The molecule has 4 heteroatoms. The molecule has 0 aliphatic carbocycles. The Bertz CT molecular complexity index is 1570. The summed E-state index contributed by atoms with van der Waals surface area (Å²) in [6, 6.07) is 26.0. The topological polar surface area (TPSA) is 42.3 Å². The van der Waals surface area contributed by atoms with Gasteiger partial charge in [-0.15, -0.1) is 0 Å². The van der Waals surface area contributed by atoms with E-state index in [1.165, 1.54) is 5.69 Å². The van der Waals surface area contributed by atoms with E-state index >= 15 is 0 Å². The molecule has 0 N–H and O–H groups in total. The maximum Gasteiger partial charge on any atom is 0.170 e. The Morgan fingerprint density at radius 3 is 2.06 bits per heavy atom. The first-order valence-electron chi connectivity index (χ1n) is 12.4. The van der Waals surface area contributed by atoms with Crippen molar-refractivity contribution in [2.75, 3.05) is 18.0 Å². The number of carbonyl (C=O) groups excluding carboxylic acids is 2. The standard InChI is InChI=1S/C31H30N2O2/c1-4-32(5-2)25-15-13-21-17-23(12-11-22(21)18-25)30(34)20-31(35)24-14-16-29-27(19-24)26-9-7-8-10-28(26)33(29)6-3/h7-19H,4-6,20H2,1-3H3. The second-order valence-corrected chi connectivity index (χ2v) is 8.93. The van der Waals surface area contributed by atoms with Crippen LogP contribution in [-0.4, -0.2) is 29.2 Å². The molecule has 5 rings (SSSR count).